The molecule has 1 aromatic rings. The van der Waals surface area contributed by atoms with Crippen LogP contribution in [-0.4, -0.2) is 24.1 Å². The molecule has 3 heteroatoms. The van der Waals surface area contributed by atoms with Gasteiger partial charge >= 0.3 is 0 Å². The number of rotatable bonds is 2. The zero-order valence-electron chi connectivity index (χ0n) is 11.9. The first-order chi connectivity index (χ1) is 9.27. The summed E-state index contributed by atoms with van der Waals surface area (Å²) in [6.07, 6.45) is 6.79. The van der Waals surface area contributed by atoms with Crippen LogP contribution >= 0.6 is 0 Å². The maximum absolute atomic E-state index is 3.41. The lowest BCUT2D eigenvalue weighted by molar-refractivity contribution is 0.170. The molecule has 0 aromatic heterocycles. The highest BCUT2D eigenvalue weighted by Crippen LogP contribution is 2.38. The Morgan fingerprint density at radius 3 is 2.32 bits per heavy atom. The van der Waals surface area contributed by atoms with Crippen LogP contribution in [0, 0.1) is 5.92 Å². The Balaban J connectivity index is 2.01. The second-order valence-electron chi connectivity index (χ2n) is 5.65. The fourth-order valence-corrected chi connectivity index (χ4v) is 3.44. The number of nitrogens with one attached hydrogen (secondary N) is 1. The highest BCUT2D eigenvalue weighted by molar-refractivity contribution is 5.68. The number of hydrogen-bond donors (Lipinski definition) is 1. The van der Waals surface area contributed by atoms with Crippen molar-refractivity contribution in [2.45, 2.75) is 32.1 Å². The van der Waals surface area contributed by atoms with Gasteiger partial charge in [0.1, 0.15) is 0 Å². The lowest BCUT2D eigenvalue weighted by Gasteiger charge is -2.27. The van der Waals surface area contributed by atoms with Gasteiger partial charge in [-0.25, -0.2) is 0 Å². The molecule has 1 heterocycles. The van der Waals surface area contributed by atoms with Crippen molar-refractivity contribution < 1.29 is 0 Å². The normalized spacial score (nSPS) is 21.4. The van der Waals surface area contributed by atoms with E-state index in [1.165, 1.54) is 49.1 Å². The van der Waals surface area contributed by atoms with Gasteiger partial charge in [0.05, 0.1) is 11.4 Å². The summed E-state index contributed by atoms with van der Waals surface area (Å²) in [4.78, 5) is 0. The van der Waals surface area contributed by atoms with Crippen LogP contribution in [0.2, 0.25) is 0 Å². The Bertz CT molecular complexity index is 460. The third-order valence-corrected chi connectivity index (χ3v) is 4.28. The number of hydrogen-bond acceptors (Lipinski definition) is 3. The van der Waals surface area contributed by atoms with E-state index in [2.05, 4.69) is 60.0 Å². The maximum atomic E-state index is 3.41. The summed E-state index contributed by atoms with van der Waals surface area (Å²) in [5, 5.41) is 4.36. The van der Waals surface area contributed by atoms with Crippen molar-refractivity contribution in [1.29, 1.82) is 0 Å². The molecule has 3 nitrogen and oxygen atoms in total. The highest BCUT2D eigenvalue weighted by Gasteiger charge is 2.31. The second-order valence-corrected chi connectivity index (χ2v) is 5.65. The zero-order chi connectivity index (χ0) is 13.2. The van der Waals surface area contributed by atoms with Crippen LogP contribution in [0.3, 0.4) is 0 Å². The summed E-state index contributed by atoms with van der Waals surface area (Å²) < 4.78 is 0. The molecule has 0 bridgehead atoms. The molecule has 0 unspecified atom stereocenters. The lowest BCUT2D eigenvalue weighted by Crippen LogP contribution is -2.37. The fourth-order valence-electron chi connectivity index (χ4n) is 3.44. The predicted molar refractivity (Wildman–Crippen MR) is 78.6 cm³/mol. The van der Waals surface area contributed by atoms with Crippen LogP contribution in [0.4, 0.5) is 0 Å². The average Bonchev–Trinajstić information content (AvgIpc) is 2.75. The quantitative estimate of drug-likeness (QED) is 0.877. The molecule has 102 valence electrons. The van der Waals surface area contributed by atoms with Gasteiger partial charge in [0.25, 0.3) is 0 Å². The van der Waals surface area contributed by atoms with E-state index in [4.69, 9.17) is 0 Å². The first-order valence-electron chi connectivity index (χ1n) is 7.30. The summed E-state index contributed by atoms with van der Waals surface area (Å²) in [7, 11) is 4.24. The van der Waals surface area contributed by atoms with Crippen molar-refractivity contribution in [2.75, 3.05) is 14.1 Å². The third-order valence-electron chi connectivity index (χ3n) is 4.28. The van der Waals surface area contributed by atoms with Crippen molar-refractivity contribution in [2.24, 2.45) is 5.92 Å². The van der Waals surface area contributed by atoms with Gasteiger partial charge in [0, 0.05) is 25.6 Å². The number of benzene rings is 1. The van der Waals surface area contributed by atoms with Crippen LogP contribution in [0.25, 0.3) is 5.70 Å². The van der Waals surface area contributed by atoms with Crippen molar-refractivity contribution in [3.8, 4) is 0 Å². The minimum Gasteiger partial charge on any atom is -0.295 e. The molecule has 1 saturated carbocycles. The summed E-state index contributed by atoms with van der Waals surface area (Å²) in [6, 6.07) is 10.7. The van der Waals surface area contributed by atoms with E-state index in [0.29, 0.717) is 5.92 Å². The summed E-state index contributed by atoms with van der Waals surface area (Å²) in [6.45, 7) is 0. The number of hydrazine groups is 2. The lowest BCUT2D eigenvalue weighted by atomic mass is 9.85. The van der Waals surface area contributed by atoms with Gasteiger partial charge in [-0.05, 0) is 12.8 Å². The van der Waals surface area contributed by atoms with E-state index in [9.17, 15) is 0 Å². The molecular weight excluding hydrogens is 234 g/mol. The molecule has 19 heavy (non-hydrogen) atoms. The molecule has 1 aliphatic carbocycles. The Morgan fingerprint density at radius 2 is 1.63 bits per heavy atom. The Labute approximate surface area is 115 Å². The van der Waals surface area contributed by atoms with E-state index < -0.39 is 0 Å². The summed E-state index contributed by atoms with van der Waals surface area (Å²) in [5.74, 6) is 0.700. The Kier molecular flexibility index (Phi) is 3.47. The van der Waals surface area contributed by atoms with Gasteiger partial charge in [-0.3, -0.25) is 10.0 Å². The van der Waals surface area contributed by atoms with E-state index in [1.54, 1.807) is 0 Å². The van der Waals surface area contributed by atoms with Crippen LogP contribution in [0.5, 0.6) is 0 Å². The zero-order valence-corrected chi connectivity index (χ0v) is 11.9. The van der Waals surface area contributed by atoms with Crippen LogP contribution in [0.1, 0.15) is 37.7 Å². The van der Waals surface area contributed by atoms with Gasteiger partial charge < -0.3 is 0 Å². The van der Waals surface area contributed by atoms with Crippen LogP contribution in [0.15, 0.2) is 36.0 Å². The van der Waals surface area contributed by atoms with Crippen molar-refractivity contribution in [3.63, 3.8) is 0 Å². The molecule has 0 radical (unpaired) electrons. The molecule has 1 aliphatic heterocycles. The average molecular weight is 257 g/mol. The first kappa shape index (κ1) is 12.5. The maximum Gasteiger partial charge on any atom is 0.0815 e. The molecule has 2 aliphatic rings. The van der Waals surface area contributed by atoms with Crippen molar-refractivity contribution >= 4 is 5.70 Å². The van der Waals surface area contributed by atoms with E-state index in [0.717, 1.165) is 0 Å². The Morgan fingerprint density at radius 1 is 0.947 bits per heavy atom. The summed E-state index contributed by atoms with van der Waals surface area (Å²) >= 11 is 0. The predicted octanol–water partition coefficient (Wildman–Crippen LogP) is 3.23. The van der Waals surface area contributed by atoms with E-state index in [-0.39, 0.29) is 0 Å². The molecule has 3 rings (SSSR count). The molecule has 0 atom stereocenters. The van der Waals surface area contributed by atoms with Gasteiger partial charge in [-0.1, -0.05) is 49.6 Å². The number of allylic oxidation sites excluding steroid dienone is 1. The van der Waals surface area contributed by atoms with Gasteiger partial charge in [-0.2, -0.15) is 0 Å². The van der Waals surface area contributed by atoms with Crippen molar-refractivity contribution in [1.82, 2.24) is 15.6 Å². The monoisotopic (exact) mass is 257 g/mol. The standard InChI is InChI=1S/C16H23N3/c1-18-15(13-9-5-3-6-10-13)16(19(2)17-18)14-11-7-4-8-12-14/h3,5-6,9-10,14,17H,4,7-8,11-12H2,1-2H3. The van der Waals surface area contributed by atoms with Gasteiger partial charge in [0.2, 0.25) is 0 Å². The Hall–Kier alpha value is -1.48. The molecule has 1 fully saturated rings. The van der Waals surface area contributed by atoms with Gasteiger partial charge in [-0.15, -0.1) is 5.53 Å². The first-order valence-corrected chi connectivity index (χ1v) is 7.30. The number of nitrogens with zero attached hydrogens (tertiary/aromatic N) is 2. The van der Waals surface area contributed by atoms with Gasteiger partial charge in [0.15, 0.2) is 0 Å². The van der Waals surface area contributed by atoms with E-state index >= 15 is 0 Å². The van der Waals surface area contributed by atoms with Crippen molar-refractivity contribution in [3.05, 3.63) is 41.6 Å². The molecule has 1 N–H and O–H groups in total. The smallest absolute Gasteiger partial charge is 0.0815 e. The second kappa shape index (κ2) is 5.25. The SMILES string of the molecule is CN1NN(C)C(C2CCCCC2)=C1c1ccccc1. The third kappa shape index (κ3) is 2.35. The molecule has 0 spiro atoms. The molecular formula is C16H23N3. The largest absolute Gasteiger partial charge is 0.295 e. The minimum atomic E-state index is 0.700. The summed E-state index contributed by atoms with van der Waals surface area (Å²) in [5.41, 5.74) is 7.52. The highest BCUT2D eigenvalue weighted by atomic mass is 15.8. The molecule has 0 amide bonds. The molecule has 1 aromatic carbocycles. The minimum absolute atomic E-state index is 0.700. The fraction of sp³-hybridized carbons (Fsp3) is 0.500. The van der Waals surface area contributed by atoms with E-state index in [1.807, 2.05) is 0 Å². The van der Waals surface area contributed by atoms with Crippen LogP contribution in [-0.2, 0) is 0 Å². The molecule has 0 saturated heterocycles. The van der Waals surface area contributed by atoms with Crippen LogP contribution < -0.4 is 5.53 Å². The topological polar surface area (TPSA) is 18.5 Å².